The van der Waals surface area contributed by atoms with Crippen LogP contribution >= 0.6 is 50.5 Å². The van der Waals surface area contributed by atoms with Crippen LogP contribution in [0.2, 0.25) is 10.0 Å². The summed E-state index contributed by atoms with van der Waals surface area (Å²) in [5, 5.41) is 3.91. The SMILES string of the molecule is C[C@H](NC(=O)c1ccc(Br)s1)c1ccc(Cl)c(Cl)c1. The zero-order chi connectivity index (χ0) is 14.0. The smallest absolute Gasteiger partial charge is 0.261 e. The van der Waals surface area contributed by atoms with E-state index in [-0.39, 0.29) is 11.9 Å². The first kappa shape index (κ1) is 14.9. The zero-order valence-corrected chi connectivity index (χ0v) is 13.8. The van der Waals surface area contributed by atoms with Gasteiger partial charge in [-0.1, -0.05) is 29.3 Å². The van der Waals surface area contributed by atoms with Crippen LogP contribution < -0.4 is 5.32 Å². The molecule has 1 amide bonds. The molecule has 1 N–H and O–H groups in total. The quantitative estimate of drug-likeness (QED) is 0.770. The third kappa shape index (κ3) is 3.72. The van der Waals surface area contributed by atoms with Gasteiger partial charge in [0.05, 0.1) is 24.8 Å². The predicted octanol–water partition coefficient (Wildman–Crippen LogP) is 5.31. The number of hydrogen-bond acceptors (Lipinski definition) is 2. The van der Waals surface area contributed by atoms with Gasteiger partial charge in [0.2, 0.25) is 0 Å². The van der Waals surface area contributed by atoms with Crippen LogP contribution in [-0.4, -0.2) is 5.91 Å². The van der Waals surface area contributed by atoms with Crippen molar-refractivity contribution in [3.8, 4) is 0 Å². The van der Waals surface area contributed by atoms with Gasteiger partial charge in [-0.3, -0.25) is 4.79 Å². The maximum atomic E-state index is 12.0. The number of carbonyl (C=O) groups excluding carboxylic acids is 1. The first-order valence-corrected chi connectivity index (χ1v) is 7.85. The number of amides is 1. The largest absolute Gasteiger partial charge is 0.345 e. The lowest BCUT2D eigenvalue weighted by Gasteiger charge is -2.14. The number of thiophene rings is 1. The Kier molecular flexibility index (Phi) is 4.90. The molecule has 19 heavy (non-hydrogen) atoms. The van der Waals surface area contributed by atoms with Crippen molar-refractivity contribution in [1.82, 2.24) is 5.32 Å². The lowest BCUT2D eigenvalue weighted by molar-refractivity contribution is 0.0944. The second kappa shape index (κ2) is 6.27. The molecule has 0 unspecified atom stereocenters. The Hall–Kier alpha value is -0.550. The highest BCUT2D eigenvalue weighted by atomic mass is 79.9. The Labute approximate surface area is 133 Å². The summed E-state index contributed by atoms with van der Waals surface area (Å²) in [5.41, 5.74) is 0.915. The summed E-state index contributed by atoms with van der Waals surface area (Å²) >= 11 is 16.6. The van der Waals surface area contributed by atoms with Crippen LogP contribution in [-0.2, 0) is 0 Å². The van der Waals surface area contributed by atoms with E-state index >= 15 is 0 Å². The first-order chi connectivity index (χ1) is 8.97. The summed E-state index contributed by atoms with van der Waals surface area (Å²) in [7, 11) is 0. The van der Waals surface area contributed by atoms with Crippen molar-refractivity contribution in [3.05, 3.63) is 54.6 Å². The molecular weight excluding hydrogens is 369 g/mol. The molecule has 0 radical (unpaired) electrons. The van der Waals surface area contributed by atoms with Crippen LogP contribution in [0, 0.1) is 0 Å². The maximum absolute atomic E-state index is 12.0. The van der Waals surface area contributed by atoms with Gasteiger partial charge in [0.15, 0.2) is 0 Å². The highest BCUT2D eigenvalue weighted by Gasteiger charge is 2.14. The van der Waals surface area contributed by atoms with Gasteiger partial charge in [-0.2, -0.15) is 0 Å². The van der Waals surface area contributed by atoms with Crippen molar-refractivity contribution < 1.29 is 4.79 Å². The van der Waals surface area contributed by atoms with Crippen molar-refractivity contribution in [2.45, 2.75) is 13.0 Å². The zero-order valence-electron chi connectivity index (χ0n) is 9.91. The Morgan fingerprint density at radius 2 is 2.00 bits per heavy atom. The maximum Gasteiger partial charge on any atom is 0.261 e. The molecule has 100 valence electrons. The highest BCUT2D eigenvalue weighted by Crippen LogP contribution is 2.26. The van der Waals surface area contributed by atoms with Crippen LogP contribution in [0.25, 0.3) is 0 Å². The first-order valence-electron chi connectivity index (χ1n) is 5.48. The van der Waals surface area contributed by atoms with Gasteiger partial charge < -0.3 is 5.32 Å². The summed E-state index contributed by atoms with van der Waals surface area (Å²) in [6, 6.07) is 8.84. The fourth-order valence-electron chi connectivity index (χ4n) is 1.57. The van der Waals surface area contributed by atoms with Crippen molar-refractivity contribution >= 4 is 56.4 Å². The normalized spacial score (nSPS) is 12.2. The molecule has 0 aliphatic rings. The summed E-state index contributed by atoms with van der Waals surface area (Å²) in [6.07, 6.45) is 0. The fourth-order valence-corrected chi connectivity index (χ4v) is 3.16. The summed E-state index contributed by atoms with van der Waals surface area (Å²) < 4.78 is 0.930. The van der Waals surface area contributed by atoms with Crippen molar-refractivity contribution in [1.29, 1.82) is 0 Å². The third-order valence-corrected chi connectivity index (χ3v) is 4.95. The molecule has 2 rings (SSSR count). The Morgan fingerprint density at radius 3 is 2.58 bits per heavy atom. The minimum absolute atomic E-state index is 0.103. The lowest BCUT2D eigenvalue weighted by atomic mass is 10.1. The van der Waals surface area contributed by atoms with Gasteiger partial charge in [-0.15, -0.1) is 11.3 Å². The van der Waals surface area contributed by atoms with Gasteiger partial charge in [0.25, 0.3) is 5.91 Å². The molecule has 1 atom stereocenters. The van der Waals surface area contributed by atoms with E-state index in [9.17, 15) is 4.79 Å². The van der Waals surface area contributed by atoms with E-state index in [2.05, 4.69) is 21.2 Å². The van der Waals surface area contributed by atoms with E-state index in [1.165, 1.54) is 11.3 Å². The Balaban J connectivity index is 2.10. The molecule has 0 bridgehead atoms. The van der Waals surface area contributed by atoms with Gasteiger partial charge in [-0.05, 0) is 52.7 Å². The summed E-state index contributed by atoms with van der Waals surface area (Å²) in [5.74, 6) is -0.103. The van der Waals surface area contributed by atoms with Crippen molar-refractivity contribution in [3.63, 3.8) is 0 Å². The number of halogens is 3. The monoisotopic (exact) mass is 377 g/mol. The van der Waals surface area contributed by atoms with Gasteiger partial charge in [0.1, 0.15) is 0 Å². The minimum Gasteiger partial charge on any atom is -0.345 e. The van der Waals surface area contributed by atoms with E-state index in [0.717, 1.165) is 9.35 Å². The molecule has 0 fully saturated rings. The molecular formula is C13H10BrCl2NOS. The molecule has 6 heteroatoms. The van der Waals surface area contributed by atoms with Crippen LogP contribution in [0.5, 0.6) is 0 Å². The molecule has 2 nitrogen and oxygen atoms in total. The number of nitrogens with one attached hydrogen (secondary N) is 1. The topological polar surface area (TPSA) is 29.1 Å². The van der Waals surface area contributed by atoms with E-state index in [0.29, 0.717) is 14.9 Å². The summed E-state index contributed by atoms with van der Waals surface area (Å²) in [6.45, 7) is 1.90. The second-order valence-corrected chi connectivity index (χ2v) is 7.25. The molecule has 0 spiro atoms. The van der Waals surface area contributed by atoms with Crippen LogP contribution in [0.3, 0.4) is 0 Å². The summed E-state index contributed by atoms with van der Waals surface area (Å²) in [4.78, 5) is 12.7. The van der Waals surface area contributed by atoms with Crippen molar-refractivity contribution in [2.75, 3.05) is 0 Å². The Morgan fingerprint density at radius 1 is 1.26 bits per heavy atom. The lowest BCUT2D eigenvalue weighted by Crippen LogP contribution is -2.25. The molecule has 1 aromatic carbocycles. The van der Waals surface area contributed by atoms with Gasteiger partial charge in [0, 0.05) is 0 Å². The van der Waals surface area contributed by atoms with E-state index in [1.807, 2.05) is 19.1 Å². The van der Waals surface area contributed by atoms with E-state index in [4.69, 9.17) is 23.2 Å². The number of benzene rings is 1. The minimum atomic E-state index is -0.136. The van der Waals surface area contributed by atoms with Crippen LogP contribution in [0.4, 0.5) is 0 Å². The number of hydrogen-bond donors (Lipinski definition) is 1. The Bertz CT molecular complexity index is 614. The predicted molar refractivity (Wildman–Crippen MR) is 84.4 cm³/mol. The molecule has 2 aromatic rings. The third-order valence-electron chi connectivity index (χ3n) is 2.59. The number of rotatable bonds is 3. The second-order valence-electron chi connectivity index (χ2n) is 3.97. The van der Waals surface area contributed by atoms with Gasteiger partial charge in [-0.25, -0.2) is 0 Å². The molecule has 0 saturated heterocycles. The van der Waals surface area contributed by atoms with Crippen LogP contribution in [0.15, 0.2) is 34.1 Å². The average molecular weight is 379 g/mol. The molecule has 1 aromatic heterocycles. The number of carbonyl (C=O) groups is 1. The molecule has 0 saturated carbocycles. The molecule has 0 aliphatic carbocycles. The average Bonchev–Trinajstić information content (AvgIpc) is 2.79. The molecule has 1 heterocycles. The standard InChI is InChI=1S/C13H10BrCl2NOS/c1-7(8-2-3-9(15)10(16)6-8)17-13(18)11-4-5-12(14)19-11/h2-7H,1H3,(H,17,18)/t7-/m0/s1. The van der Waals surface area contributed by atoms with Crippen molar-refractivity contribution in [2.24, 2.45) is 0 Å². The highest BCUT2D eigenvalue weighted by molar-refractivity contribution is 9.11. The van der Waals surface area contributed by atoms with Crippen LogP contribution in [0.1, 0.15) is 28.2 Å². The van der Waals surface area contributed by atoms with E-state index in [1.54, 1.807) is 18.2 Å². The van der Waals surface area contributed by atoms with Gasteiger partial charge >= 0.3 is 0 Å². The fraction of sp³-hybridized carbons (Fsp3) is 0.154. The molecule has 0 aliphatic heterocycles. The van der Waals surface area contributed by atoms with E-state index < -0.39 is 0 Å².